The molecule has 4 N–H and O–H groups in total. The Morgan fingerprint density at radius 3 is 2.50 bits per heavy atom. The second-order valence-corrected chi connectivity index (χ2v) is 5.65. The normalized spacial score (nSPS) is 11.3. The fourth-order valence-electron chi connectivity index (χ4n) is 1.19. The lowest BCUT2D eigenvalue weighted by Crippen LogP contribution is -2.18. The number of carbonyl (C=O) groups is 1. The smallest absolute Gasteiger partial charge is 0.218 e. The highest BCUT2D eigenvalue weighted by molar-refractivity contribution is 7.91. The first-order chi connectivity index (χ1) is 7.34. The summed E-state index contributed by atoms with van der Waals surface area (Å²) in [6.45, 7) is 0. The summed E-state index contributed by atoms with van der Waals surface area (Å²) in [4.78, 5) is 10.4. The van der Waals surface area contributed by atoms with Crippen LogP contribution in [0.5, 0.6) is 0 Å². The number of nitrogens with two attached hydrogens (primary N) is 2. The summed E-state index contributed by atoms with van der Waals surface area (Å²) in [5, 5.41) is 0.0458. The van der Waals surface area contributed by atoms with Gasteiger partial charge in [0.25, 0.3) is 0 Å². The number of anilines is 1. The highest BCUT2D eigenvalue weighted by atomic mass is 35.5. The molecule has 5 nitrogen and oxygen atoms in total. The summed E-state index contributed by atoms with van der Waals surface area (Å²) < 4.78 is 23.6. The Morgan fingerprint density at radius 1 is 1.38 bits per heavy atom. The van der Waals surface area contributed by atoms with Crippen molar-refractivity contribution in [2.45, 2.75) is 11.3 Å². The van der Waals surface area contributed by atoms with Gasteiger partial charge < -0.3 is 11.5 Å². The van der Waals surface area contributed by atoms with Gasteiger partial charge in [-0.15, -0.1) is 0 Å². The highest BCUT2D eigenvalue weighted by Gasteiger charge is 2.21. The minimum Gasteiger partial charge on any atom is -0.398 e. The molecule has 88 valence electrons. The van der Waals surface area contributed by atoms with Gasteiger partial charge in [0, 0.05) is 6.42 Å². The molecule has 0 saturated carbocycles. The highest BCUT2D eigenvalue weighted by Crippen LogP contribution is 2.28. The average molecular weight is 263 g/mol. The van der Waals surface area contributed by atoms with E-state index in [4.69, 9.17) is 23.1 Å². The zero-order chi connectivity index (χ0) is 12.3. The van der Waals surface area contributed by atoms with Crippen LogP contribution in [-0.4, -0.2) is 20.1 Å². The maximum absolute atomic E-state index is 11.8. The first-order valence-corrected chi connectivity index (χ1v) is 6.42. The van der Waals surface area contributed by atoms with E-state index in [1.807, 2.05) is 0 Å². The number of halogens is 1. The monoisotopic (exact) mass is 262 g/mol. The van der Waals surface area contributed by atoms with E-state index in [0.717, 1.165) is 0 Å². The van der Waals surface area contributed by atoms with Crippen molar-refractivity contribution in [1.29, 1.82) is 0 Å². The number of hydrogen-bond acceptors (Lipinski definition) is 4. The van der Waals surface area contributed by atoms with Crippen LogP contribution < -0.4 is 11.5 Å². The molecule has 16 heavy (non-hydrogen) atoms. The second-order valence-electron chi connectivity index (χ2n) is 3.19. The topological polar surface area (TPSA) is 103 Å². The largest absolute Gasteiger partial charge is 0.398 e. The van der Waals surface area contributed by atoms with Crippen molar-refractivity contribution in [2.24, 2.45) is 5.73 Å². The predicted molar refractivity (Wildman–Crippen MR) is 61.7 cm³/mol. The zero-order valence-electron chi connectivity index (χ0n) is 8.31. The molecule has 7 heteroatoms. The Bertz CT molecular complexity index is 493. The zero-order valence-corrected chi connectivity index (χ0v) is 9.88. The first kappa shape index (κ1) is 12.8. The number of carbonyl (C=O) groups excluding carboxylic acids is 1. The molecule has 1 aromatic rings. The van der Waals surface area contributed by atoms with E-state index in [-0.39, 0.29) is 22.0 Å². The van der Waals surface area contributed by atoms with Crippen LogP contribution in [0.1, 0.15) is 6.42 Å². The molecule has 0 radical (unpaired) electrons. The summed E-state index contributed by atoms with van der Waals surface area (Å²) in [6, 6.07) is 4.41. The molecule has 0 atom stereocenters. The maximum atomic E-state index is 11.8. The molecule has 1 rings (SSSR count). The van der Waals surface area contributed by atoms with Crippen molar-refractivity contribution >= 4 is 33.0 Å². The molecule has 0 aliphatic heterocycles. The Hall–Kier alpha value is -1.27. The van der Waals surface area contributed by atoms with Gasteiger partial charge in [-0.1, -0.05) is 17.7 Å². The number of amides is 1. The molecular weight excluding hydrogens is 252 g/mol. The fraction of sp³-hybridized carbons (Fsp3) is 0.222. The average Bonchev–Trinajstić information content (AvgIpc) is 2.14. The van der Waals surface area contributed by atoms with Gasteiger partial charge in [-0.25, -0.2) is 8.42 Å². The number of primary amides is 1. The molecule has 0 aliphatic rings. The van der Waals surface area contributed by atoms with Gasteiger partial charge in [0.2, 0.25) is 5.91 Å². The van der Waals surface area contributed by atoms with E-state index in [1.165, 1.54) is 12.1 Å². The van der Waals surface area contributed by atoms with Crippen molar-refractivity contribution < 1.29 is 13.2 Å². The van der Waals surface area contributed by atoms with Crippen molar-refractivity contribution in [3.05, 3.63) is 23.2 Å². The van der Waals surface area contributed by atoms with Crippen LogP contribution in [-0.2, 0) is 14.6 Å². The molecule has 0 heterocycles. The number of sulfone groups is 1. The van der Waals surface area contributed by atoms with Crippen LogP contribution in [0, 0.1) is 0 Å². The van der Waals surface area contributed by atoms with Crippen molar-refractivity contribution in [3.63, 3.8) is 0 Å². The van der Waals surface area contributed by atoms with E-state index in [1.54, 1.807) is 6.07 Å². The fourth-order valence-corrected chi connectivity index (χ4v) is 3.19. The third-order valence-electron chi connectivity index (χ3n) is 1.93. The van der Waals surface area contributed by atoms with E-state index in [0.29, 0.717) is 0 Å². The molecule has 0 spiro atoms. The van der Waals surface area contributed by atoms with Crippen LogP contribution >= 0.6 is 11.6 Å². The van der Waals surface area contributed by atoms with E-state index in [9.17, 15) is 13.2 Å². The van der Waals surface area contributed by atoms with Crippen molar-refractivity contribution in [3.8, 4) is 0 Å². The Morgan fingerprint density at radius 2 is 2.00 bits per heavy atom. The molecule has 0 saturated heterocycles. The Balaban J connectivity index is 3.12. The predicted octanol–water partition coefficient (Wildman–Crippen LogP) is 0.571. The number of benzene rings is 1. The van der Waals surface area contributed by atoms with Crippen LogP contribution in [0.25, 0.3) is 0 Å². The van der Waals surface area contributed by atoms with Gasteiger partial charge in [0.1, 0.15) is 4.90 Å². The first-order valence-electron chi connectivity index (χ1n) is 4.39. The molecule has 0 bridgehead atoms. The summed E-state index contributed by atoms with van der Waals surface area (Å²) in [6.07, 6.45) is -0.257. The van der Waals surface area contributed by atoms with Gasteiger partial charge in [0.15, 0.2) is 9.84 Å². The molecule has 0 fully saturated rings. The van der Waals surface area contributed by atoms with E-state index < -0.39 is 21.5 Å². The molecule has 1 amide bonds. The van der Waals surface area contributed by atoms with Crippen LogP contribution in [0.3, 0.4) is 0 Å². The summed E-state index contributed by atoms with van der Waals surface area (Å²) >= 11 is 5.75. The van der Waals surface area contributed by atoms with Gasteiger partial charge in [0.05, 0.1) is 16.5 Å². The van der Waals surface area contributed by atoms with Gasteiger partial charge in [-0.2, -0.15) is 0 Å². The van der Waals surface area contributed by atoms with Gasteiger partial charge >= 0.3 is 0 Å². The SMILES string of the molecule is NC(=O)CCS(=O)(=O)c1c(N)cccc1Cl. The molecule has 0 aromatic heterocycles. The number of rotatable bonds is 4. The lowest BCUT2D eigenvalue weighted by Gasteiger charge is -2.08. The summed E-state index contributed by atoms with van der Waals surface area (Å²) in [7, 11) is -3.67. The summed E-state index contributed by atoms with van der Waals surface area (Å²) in [5.41, 5.74) is 10.5. The number of hydrogen-bond donors (Lipinski definition) is 2. The number of nitrogen functional groups attached to an aromatic ring is 1. The summed E-state index contributed by atoms with van der Waals surface area (Å²) in [5.74, 6) is -1.08. The Labute approximate surface area is 98.3 Å². The van der Waals surface area contributed by atoms with Crippen LogP contribution in [0.4, 0.5) is 5.69 Å². The standard InChI is InChI=1S/C9H11ClN2O3S/c10-6-2-1-3-7(11)9(6)16(14,15)5-4-8(12)13/h1-3H,4-5,11H2,(H2,12,13). The third kappa shape index (κ3) is 2.86. The molecule has 1 aromatic carbocycles. The Kier molecular flexibility index (Phi) is 3.77. The van der Waals surface area contributed by atoms with Gasteiger partial charge in [-0.3, -0.25) is 4.79 Å². The second kappa shape index (κ2) is 4.71. The van der Waals surface area contributed by atoms with Crippen molar-refractivity contribution in [2.75, 3.05) is 11.5 Å². The quantitative estimate of drug-likeness (QED) is 0.774. The minimum absolute atomic E-state index is 0.0458. The molecule has 0 aliphatic carbocycles. The van der Waals surface area contributed by atoms with Crippen molar-refractivity contribution in [1.82, 2.24) is 0 Å². The van der Waals surface area contributed by atoms with Crippen LogP contribution in [0.15, 0.2) is 23.1 Å². The van der Waals surface area contributed by atoms with Crippen LogP contribution in [0.2, 0.25) is 5.02 Å². The van der Waals surface area contributed by atoms with E-state index >= 15 is 0 Å². The van der Waals surface area contributed by atoms with E-state index in [2.05, 4.69) is 0 Å². The molecule has 0 unspecified atom stereocenters. The third-order valence-corrected chi connectivity index (χ3v) is 4.17. The lowest BCUT2D eigenvalue weighted by atomic mass is 10.3. The maximum Gasteiger partial charge on any atom is 0.218 e. The molecular formula is C9H11ClN2O3S. The van der Waals surface area contributed by atoms with Gasteiger partial charge in [-0.05, 0) is 12.1 Å². The minimum atomic E-state index is -3.67. The lowest BCUT2D eigenvalue weighted by molar-refractivity contribution is -0.117.